The van der Waals surface area contributed by atoms with Gasteiger partial charge >= 0.3 is 17.9 Å². The highest BCUT2D eigenvalue weighted by Crippen LogP contribution is 2.28. The minimum Gasteiger partial charge on any atom is -0.465 e. The van der Waals surface area contributed by atoms with Crippen molar-refractivity contribution >= 4 is 17.9 Å². The molecule has 3 unspecified atom stereocenters. The van der Waals surface area contributed by atoms with E-state index in [0.717, 1.165) is 57.8 Å². The van der Waals surface area contributed by atoms with Gasteiger partial charge in [-0.05, 0) is 25.7 Å². The number of ether oxygens (including phenoxy) is 3. The molecule has 0 aromatic carbocycles. The second-order valence-corrected chi connectivity index (χ2v) is 25.7. The van der Waals surface area contributed by atoms with Crippen LogP contribution >= 0.6 is 0 Å². The third kappa shape index (κ3) is 51.3. The van der Waals surface area contributed by atoms with Crippen molar-refractivity contribution < 1.29 is 28.6 Å². The average Bonchev–Trinajstić information content (AvgIpc) is 3.45. The Labute approximate surface area is 488 Å². The first-order valence-electron chi connectivity index (χ1n) is 35.7. The van der Waals surface area contributed by atoms with Crippen molar-refractivity contribution in [2.45, 2.75) is 402 Å². The Balaban J connectivity index is 4.77. The van der Waals surface area contributed by atoms with Gasteiger partial charge in [-0.15, -0.1) is 0 Å². The molecule has 0 N–H and O–H groups in total. The van der Waals surface area contributed by atoms with Crippen molar-refractivity contribution in [2.75, 3.05) is 19.8 Å². The standard InChI is InChI=1S/C72H140O6/c1-8-12-15-18-21-24-27-30-33-36-39-42-45-48-51-54-57-60-66(5)69(73)76-63-72(11-4,64-77-70(74)67(6)61-58-55-52-49-46-43-40-37-34-31-28-25-22-19-16-13-9-2)65-78-71(75)68(7)62-59-56-53-50-47-44-41-38-35-32-29-26-23-20-17-14-10-3/h66-68H,8-65H2,1-7H3. The Kier molecular flexibility index (Phi) is 58.8. The number of unbranched alkanes of at least 4 members (excludes halogenated alkanes) is 48. The number of rotatable bonds is 64. The molecule has 0 rings (SSSR count). The highest BCUT2D eigenvalue weighted by molar-refractivity contribution is 5.73. The normalized spacial score (nSPS) is 13.6. The summed E-state index contributed by atoms with van der Waals surface area (Å²) in [7, 11) is 0. The summed E-state index contributed by atoms with van der Waals surface area (Å²) in [6.45, 7) is 15.1. The van der Waals surface area contributed by atoms with Crippen molar-refractivity contribution in [1.82, 2.24) is 0 Å². The molecule has 0 aliphatic carbocycles. The molecule has 0 amide bonds. The van der Waals surface area contributed by atoms with Gasteiger partial charge in [-0.3, -0.25) is 14.4 Å². The first-order chi connectivity index (χ1) is 38.2. The van der Waals surface area contributed by atoms with Gasteiger partial charge in [0.1, 0.15) is 19.8 Å². The highest BCUT2D eigenvalue weighted by atomic mass is 16.6. The van der Waals surface area contributed by atoms with Crippen LogP contribution in [-0.2, 0) is 28.6 Å². The predicted molar refractivity (Wildman–Crippen MR) is 339 cm³/mol. The Morgan fingerprint density at radius 1 is 0.244 bits per heavy atom. The third-order valence-electron chi connectivity index (χ3n) is 17.7. The SMILES string of the molecule is CCCCCCCCCCCCCCCCCCCC(C)C(=O)OCC(CC)(COC(=O)C(C)CCCCCCCCCCCCCCCCCCC)COC(=O)C(C)CCCCCCCCCCCCCCCCCCC. The number of hydrogen-bond acceptors (Lipinski definition) is 6. The molecule has 0 aliphatic rings. The van der Waals surface area contributed by atoms with Crippen LogP contribution in [0, 0.1) is 23.2 Å². The molecule has 6 nitrogen and oxygen atoms in total. The fourth-order valence-corrected chi connectivity index (χ4v) is 11.4. The van der Waals surface area contributed by atoms with Crippen LogP contribution in [0.1, 0.15) is 402 Å². The lowest BCUT2D eigenvalue weighted by molar-refractivity contribution is -0.167. The maximum absolute atomic E-state index is 13.4. The van der Waals surface area contributed by atoms with Crippen molar-refractivity contribution in [2.24, 2.45) is 23.2 Å². The van der Waals surface area contributed by atoms with Crippen LogP contribution in [0.5, 0.6) is 0 Å². The molecule has 0 spiro atoms. The van der Waals surface area contributed by atoms with Crippen LogP contribution in [-0.4, -0.2) is 37.7 Å². The van der Waals surface area contributed by atoms with E-state index < -0.39 is 5.41 Å². The first-order valence-corrected chi connectivity index (χ1v) is 35.7. The molecule has 464 valence electrons. The van der Waals surface area contributed by atoms with Gasteiger partial charge in [0.25, 0.3) is 0 Å². The van der Waals surface area contributed by atoms with Crippen LogP contribution in [0.25, 0.3) is 0 Å². The molecule has 0 saturated carbocycles. The van der Waals surface area contributed by atoms with Crippen LogP contribution in [0.15, 0.2) is 0 Å². The topological polar surface area (TPSA) is 78.9 Å². The van der Waals surface area contributed by atoms with E-state index in [-0.39, 0.29) is 55.5 Å². The molecule has 78 heavy (non-hydrogen) atoms. The van der Waals surface area contributed by atoms with Crippen molar-refractivity contribution in [1.29, 1.82) is 0 Å². The van der Waals surface area contributed by atoms with E-state index in [0.29, 0.717) is 6.42 Å². The first kappa shape index (κ1) is 76.4. The monoisotopic (exact) mass is 1100 g/mol. The largest absolute Gasteiger partial charge is 0.465 e. The molecular formula is C72H140O6. The summed E-state index contributed by atoms with van der Waals surface area (Å²) in [4.78, 5) is 40.3. The molecule has 0 radical (unpaired) electrons. The highest BCUT2D eigenvalue weighted by Gasteiger charge is 2.36. The molecule has 0 aromatic rings. The maximum atomic E-state index is 13.4. The van der Waals surface area contributed by atoms with E-state index in [2.05, 4.69) is 20.8 Å². The molecule has 0 bridgehead atoms. The third-order valence-corrected chi connectivity index (χ3v) is 17.7. The van der Waals surface area contributed by atoms with Gasteiger partial charge in [0.2, 0.25) is 0 Å². The second kappa shape index (κ2) is 60.0. The lowest BCUT2D eigenvalue weighted by Crippen LogP contribution is -2.40. The summed E-state index contributed by atoms with van der Waals surface area (Å²) in [6.07, 6.45) is 71.3. The lowest BCUT2D eigenvalue weighted by atomic mass is 9.87. The molecule has 0 aromatic heterocycles. The van der Waals surface area contributed by atoms with Gasteiger partial charge in [0, 0.05) is 0 Å². The fourth-order valence-electron chi connectivity index (χ4n) is 11.4. The van der Waals surface area contributed by atoms with Gasteiger partial charge in [-0.1, -0.05) is 376 Å². The van der Waals surface area contributed by atoms with Gasteiger partial charge in [0.05, 0.1) is 23.2 Å². The van der Waals surface area contributed by atoms with Crippen LogP contribution in [0.3, 0.4) is 0 Å². The van der Waals surface area contributed by atoms with Crippen molar-refractivity contribution in [3.8, 4) is 0 Å². The molecule has 6 heteroatoms. The van der Waals surface area contributed by atoms with Gasteiger partial charge in [-0.25, -0.2) is 0 Å². The van der Waals surface area contributed by atoms with Crippen molar-refractivity contribution in [3.05, 3.63) is 0 Å². The summed E-state index contributed by atoms with van der Waals surface area (Å²) in [5.41, 5.74) is -0.782. The summed E-state index contributed by atoms with van der Waals surface area (Å²) in [6, 6.07) is 0. The Hall–Kier alpha value is -1.59. The van der Waals surface area contributed by atoms with E-state index in [1.165, 1.54) is 289 Å². The zero-order valence-electron chi connectivity index (χ0n) is 54.2. The zero-order chi connectivity index (χ0) is 57.1. The van der Waals surface area contributed by atoms with Crippen LogP contribution < -0.4 is 0 Å². The summed E-state index contributed by atoms with van der Waals surface area (Å²) < 4.78 is 18.1. The van der Waals surface area contributed by atoms with E-state index in [1.54, 1.807) is 0 Å². The Morgan fingerprint density at radius 2 is 0.385 bits per heavy atom. The molecule has 0 aliphatic heterocycles. The van der Waals surface area contributed by atoms with Gasteiger partial charge < -0.3 is 14.2 Å². The molecule has 3 atom stereocenters. The number of carbonyl (C=O) groups excluding carboxylic acids is 3. The van der Waals surface area contributed by atoms with E-state index in [9.17, 15) is 14.4 Å². The Morgan fingerprint density at radius 3 is 0.526 bits per heavy atom. The van der Waals surface area contributed by atoms with Gasteiger partial charge in [-0.2, -0.15) is 0 Å². The van der Waals surface area contributed by atoms with E-state index >= 15 is 0 Å². The zero-order valence-corrected chi connectivity index (χ0v) is 54.2. The second-order valence-electron chi connectivity index (χ2n) is 25.7. The number of carbonyl (C=O) groups is 3. The quantitative estimate of drug-likeness (QED) is 0.0343. The maximum Gasteiger partial charge on any atom is 0.308 e. The predicted octanol–water partition coefficient (Wildman–Crippen LogP) is 24.0. The molecule has 0 saturated heterocycles. The molecule has 0 heterocycles. The van der Waals surface area contributed by atoms with E-state index in [4.69, 9.17) is 14.2 Å². The fraction of sp³-hybridized carbons (Fsp3) is 0.958. The summed E-state index contributed by atoms with van der Waals surface area (Å²) in [5, 5.41) is 0. The summed E-state index contributed by atoms with van der Waals surface area (Å²) >= 11 is 0. The minimum atomic E-state index is -0.782. The lowest BCUT2D eigenvalue weighted by Gasteiger charge is -2.32. The minimum absolute atomic E-state index is 0.0768. The number of hydrogen-bond donors (Lipinski definition) is 0. The summed E-state index contributed by atoms with van der Waals surface area (Å²) in [5.74, 6) is -1.22. The average molecular weight is 1100 g/mol. The Bertz CT molecular complexity index is 1100. The van der Waals surface area contributed by atoms with E-state index in [1.807, 2.05) is 27.7 Å². The van der Waals surface area contributed by atoms with Crippen molar-refractivity contribution in [3.63, 3.8) is 0 Å². The van der Waals surface area contributed by atoms with Crippen LogP contribution in [0.2, 0.25) is 0 Å². The van der Waals surface area contributed by atoms with Gasteiger partial charge in [0.15, 0.2) is 0 Å². The molecule has 0 fully saturated rings. The van der Waals surface area contributed by atoms with Crippen LogP contribution in [0.4, 0.5) is 0 Å². The molecular weight excluding hydrogens is 961 g/mol. The number of esters is 3. The smallest absolute Gasteiger partial charge is 0.308 e.